The number of nitrogens with one attached hydrogen (secondary N) is 1. The van der Waals surface area contributed by atoms with E-state index in [-0.39, 0.29) is 29.7 Å². The number of benzene rings is 1. The Morgan fingerprint density at radius 2 is 2.00 bits per heavy atom. The second kappa shape index (κ2) is 5.52. The molecule has 0 bridgehead atoms. The highest BCUT2D eigenvalue weighted by Gasteiger charge is 2.31. The Morgan fingerprint density at radius 1 is 1.33 bits per heavy atom. The van der Waals surface area contributed by atoms with E-state index < -0.39 is 25.9 Å². The maximum absolute atomic E-state index is 13.8. The summed E-state index contributed by atoms with van der Waals surface area (Å²) in [7, 11) is -7.46. The van der Waals surface area contributed by atoms with Crippen LogP contribution in [0.2, 0.25) is 0 Å². The van der Waals surface area contributed by atoms with Crippen LogP contribution < -0.4 is 10.5 Å². The molecule has 0 aliphatic carbocycles. The molecule has 0 aromatic heterocycles. The predicted molar refractivity (Wildman–Crippen MR) is 76.2 cm³/mol. The van der Waals surface area contributed by atoms with Crippen molar-refractivity contribution < 1.29 is 21.2 Å². The van der Waals surface area contributed by atoms with Gasteiger partial charge >= 0.3 is 0 Å². The largest absolute Gasteiger partial charge is 0.326 e. The van der Waals surface area contributed by atoms with Gasteiger partial charge in [0.15, 0.2) is 0 Å². The van der Waals surface area contributed by atoms with Crippen LogP contribution in [0.4, 0.5) is 10.1 Å². The highest BCUT2D eigenvalue weighted by Crippen LogP contribution is 2.24. The third-order valence-electron chi connectivity index (χ3n) is 3.06. The number of rotatable bonds is 4. The minimum absolute atomic E-state index is 0.188. The molecule has 0 unspecified atom stereocenters. The van der Waals surface area contributed by atoms with E-state index in [1.807, 2.05) is 4.72 Å². The van der Waals surface area contributed by atoms with E-state index in [1.54, 1.807) is 0 Å². The molecule has 0 spiro atoms. The predicted octanol–water partition coefficient (Wildman–Crippen LogP) is -0.0811. The van der Waals surface area contributed by atoms with Crippen LogP contribution in [0.15, 0.2) is 23.1 Å². The molecule has 10 heteroatoms. The van der Waals surface area contributed by atoms with Crippen LogP contribution in [-0.4, -0.2) is 46.5 Å². The summed E-state index contributed by atoms with van der Waals surface area (Å²) in [5.41, 5.74) is 5.37. The summed E-state index contributed by atoms with van der Waals surface area (Å²) in [5.74, 6) is -0.954. The fraction of sp³-hybridized carbons (Fsp3) is 0.455. The van der Waals surface area contributed by atoms with Crippen LogP contribution in [0.25, 0.3) is 0 Å². The third kappa shape index (κ3) is 3.70. The number of halogens is 1. The summed E-state index contributed by atoms with van der Waals surface area (Å²) in [5, 5.41) is 0. The summed E-state index contributed by atoms with van der Waals surface area (Å²) in [6, 6.07) is 2.82. The third-order valence-corrected chi connectivity index (χ3v) is 5.51. The zero-order valence-electron chi connectivity index (χ0n) is 11.3. The number of hydrogen-bond acceptors (Lipinski definition) is 5. The smallest absolute Gasteiger partial charge is 0.243 e. The monoisotopic (exact) mass is 337 g/mol. The van der Waals surface area contributed by atoms with Crippen molar-refractivity contribution in [3.8, 4) is 0 Å². The number of hydrogen-bond donors (Lipinski definition) is 2. The Hall–Kier alpha value is -1.23. The van der Waals surface area contributed by atoms with Gasteiger partial charge < -0.3 is 5.73 Å². The van der Waals surface area contributed by atoms with Crippen LogP contribution in [0.5, 0.6) is 0 Å². The van der Waals surface area contributed by atoms with Crippen molar-refractivity contribution in [2.45, 2.75) is 17.4 Å². The molecule has 1 fully saturated rings. The highest BCUT2D eigenvalue weighted by atomic mass is 32.2. The lowest BCUT2D eigenvalue weighted by Crippen LogP contribution is -2.32. The van der Waals surface area contributed by atoms with E-state index in [2.05, 4.69) is 0 Å². The van der Waals surface area contributed by atoms with Crippen LogP contribution in [-0.2, 0) is 20.0 Å². The van der Waals surface area contributed by atoms with Gasteiger partial charge in [-0.05, 0) is 24.6 Å². The van der Waals surface area contributed by atoms with Gasteiger partial charge in [0.1, 0.15) is 5.82 Å². The fourth-order valence-corrected chi connectivity index (χ4v) is 4.15. The van der Waals surface area contributed by atoms with E-state index in [4.69, 9.17) is 5.73 Å². The molecule has 0 radical (unpaired) electrons. The Kier molecular flexibility index (Phi) is 4.24. The summed E-state index contributed by atoms with van der Waals surface area (Å²) < 4.78 is 63.7. The van der Waals surface area contributed by atoms with E-state index in [0.29, 0.717) is 6.42 Å². The highest BCUT2D eigenvalue weighted by molar-refractivity contribution is 7.92. The van der Waals surface area contributed by atoms with Crippen molar-refractivity contribution in [3.05, 3.63) is 24.0 Å². The van der Waals surface area contributed by atoms with Gasteiger partial charge in [-0.1, -0.05) is 0 Å². The van der Waals surface area contributed by atoms with Crippen LogP contribution >= 0.6 is 0 Å². The first kappa shape index (κ1) is 16.1. The average Bonchev–Trinajstić information content (AvgIpc) is 2.77. The molecule has 2 rings (SSSR count). The van der Waals surface area contributed by atoms with Crippen molar-refractivity contribution in [2.24, 2.45) is 5.73 Å². The summed E-state index contributed by atoms with van der Waals surface area (Å²) in [4.78, 5) is -0.229. The van der Waals surface area contributed by atoms with Gasteiger partial charge in [-0.25, -0.2) is 21.2 Å². The van der Waals surface area contributed by atoms with Gasteiger partial charge in [-0.2, -0.15) is 4.31 Å². The molecule has 7 nitrogen and oxygen atoms in total. The molecule has 118 valence electrons. The molecular formula is C11H16FN3O4S2. The van der Waals surface area contributed by atoms with Crippen LogP contribution in [0.1, 0.15) is 6.42 Å². The number of anilines is 1. The first-order valence-electron chi connectivity index (χ1n) is 6.13. The fourth-order valence-electron chi connectivity index (χ4n) is 2.06. The first-order chi connectivity index (χ1) is 9.59. The Morgan fingerprint density at radius 3 is 2.48 bits per heavy atom. The minimum Gasteiger partial charge on any atom is -0.326 e. The van der Waals surface area contributed by atoms with Gasteiger partial charge in [0.25, 0.3) is 0 Å². The van der Waals surface area contributed by atoms with Gasteiger partial charge in [-0.15, -0.1) is 0 Å². The molecule has 3 N–H and O–H groups in total. The topological polar surface area (TPSA) is 110 Å². The molecule has 1 aliphatic rings. The standard InChI is InChI=1S/C11H16FN3O4S2/c1-20(16,17)14-11-3-2-9(6-10(11)12)21(18,19)15-5-4-8(13)7-15/h2-3,6,8,14H,4-5,7,13H2,1H3/t8-/m1/s1. The molecular weight excluding hydrogens is 321 g/mol. The van der Waals surface area contributed by atoms with Gasteiger partial charge in [0.2, 0.25) is 20.0 Å². The van der Waals surface area contributed by atoms with Crippen LogP contribution in [0.3, 0.4) is 0 Å². The zero-order valence-corrected chi connectivity index (χ0v) is 12.9. The Balaban J connectivity index is 2.31. The second-order valence-corrected chi connectivity index (χ2v) is 8.61. The lowest BCUT2D eigenvalue weighted by atomic mass is 10.3. The van der Waals surface area contributed by atoms with E-state index in [0.717, 1.165) is 24.5 Å². The lowest BCUT2D eigenvalue weighted by molar-refractivity contribution is 0.471. The molecule has 1 aliphatic heterocycles. The molecule has 0 saturated carbocycles. The van der Waals surface area contributed by atoms with Gasteiger partial charge in [0.05, 0.1) is 16.8 Å². The van der Waals surface area contributed by atoms with Crippen molar-refractivity contribution in [2.75, 3.05) is 24.1 Å². The second-order valence-electron chi connectivity index (χ2n) is 4.93. The Bertz CT molecular complexity index is 749. The summed E-state index contributed by atoms with van der Waals surface area (Å²) in [6.45, 7) is 0.474. The minimum atomic E-state index is -3.82. The average molecular weight is 337 g/mol. The normalized spacial score (nSPS) is 20.6. The summed E-state index contributed by atoms with van der Waals surface area (Å²) >= 11 is 0. The van der Waals surface area contributed by atoms with E-state index in [1.165, 1.54) is 4.31 Å². The van der Waals surface area contributed by atoms with Crippen molar-refractivity contribution in [1.82, 2.24) is 4.31 Å². The van der Waals surface area contributed by atoms with Crippen molar-refractivity contribution in [3.63, 3.8) is 0 Å². The number of nitrogens with two attached hydrogens (primary N) is 1. The maximum Gasteiger partial charge on any atom is 0.243 e. The maximum atomic E-state index is 13.8. The van der Waals surface area contributed by atoms with Gasteiger partial charge in [-0.3, -0.25) is 4.72 Å². The van der Waals surface area contributed by atoms with Crippen molar-refractivity contribution in [1.29, 1.82) is 0 Å². The molecule has 1 atom stereocenters. The first-order valence-corrected chi connectivity index (χ1v) is 9.46. The van der Waals surface area contributed by atoms with E-state index >= 15 is 0 Å². The summed E-state index contributed by atoms with van der Waals surface area (Å²) in [6.07, 6.45) is 1.43. The molecule has 1 aromatic rings. The molecule has 1 heterocycles. The molecule has 1 saturated heterocycles. The number of sulfonamides is 2. The van der Waals surface area contributed by atoms with Crippen molar-refractivity contribution >= 4 is 25.7 Å². The molecule has 21 heavy (non-hydrogen) atoms. The van der Waals surface area contributed by atoms with Gasteiger partial charge in [0, 0.05) is 19.1 Å². The van der Waals surface area contributed by atoms with Crippen LogP contribution in [0, 0.1) is 5.82 Å². The Labute approximate surface area is 123 Å². The quantitative estimate of drug-likeness (QED) is 0.798. The molecule has 0 amide bonds. The molecule has 1 aromatic carbocycles. The zero-order chi connectivity index (χ0) is 15.8. The lowest BCUT2D eigenvalue weighted by Gasteiger charge is -2.16. The number of nitrogens with zero attached hydrogens (tertiary/aromatic N) is 1. The van der Waals surface area contributed by atoms with E-state index in [9.17, 15) is 21.2 Å². The SMILES string of the molecule is CS(=O)(=O)Nc1ccc(S(=O)(=O)N2CC[C@@H](N)C2)cc1F.